The molecule has 2 aromatic carbocycles. The Morgan fingerprint density at radius 2 is 2.05 bits per heavy atom. The zero-order valence-electron chi connectivity index (χ0n) is 12.3. The predicted octanol–water partition coefficient (Wildman–Crippen LogP) is 3.28. The van der Waals surface area contributed by atoms with Crippen LogP contribution in [-0.4, -0.2) is 22.7 Å². The maximum atomic E-state index is 11.9. The highest BCUT2D eigenvalue weighted by Gasteiger charge is 2.04. The quantitative estimate of drug-likeness (QED) is 0.759. The van der Waals surface area contributed by atoms with Gasteiger partial charge in [0.05, 0.1) is 24.7 Å². The first-order valence-electron chi connectivity index (χ1n) is 7.13. The van der Waals surface area contributed by atoms with E-state index in [0.29, 0.717) is 13.0 Å². The number of carbonyl (C=O) groups excluding carboxylic acids is 1. The van der Waals surface area contributed by atoms with E-state index in [1.165, 1.54) is 5.56 Å². The van der Waals surface area contributed by atoms with Gasteiger partial charge in [0.15, 0.2) is 0 Å². The Bertz CT molecular complexity index is 778. The van der Waals surface area contributed by atoms with Crippen molar-refractivity contribution in [3.05, 3.63) is 54.2 Å². The molecule has 0 spiro atoms. The Balaban J connectivity index is 1.50. The van der Waals surface area contributed by atoms with Gasteiger partial charge in [-0.25, -0.2) is 0 Å². The van der Waals surface area contributed by atoms with E-state index in [2.05, 4.69) is 15.5 Å². The molecule has 3 aromatic rings. The number of nitrogens with zero attached hydrogens (tertiary/aromatic N) is 1. The fraction of sp³-hybridized carbons (Fsp3) is 0.176. The van der Waals surface area contributed by atoms with E-state index in [4.69, 9.17) is 4.74 Å². The van der Waals surface area contributed by atoms with Crippen LogP contribution in [0.2, 0.25) is 0 Å². The van der Waals surface area contributed by atoms with Crippen molar-refractivity contribution in [2.24, 2.45) is 0 Å². The molecule has 1 amide bonds. The predicted molar refractivity (Wildman–Crippen MR) is 86.0 cm³/mol. The number of anilines is 1. The molecule has 0 bridgehead atoms. The van der Waals surface area contributed by atoms with Gasteiger partial charge in [0, 0.05) is 11.1 Å². The molecule has 1 aromatic heterocycles. The Labute approximate surface area is 128 Å². The van der Waals surface area contributed by atoms with Gasteiger partial charge in [0.25, 0.3) is 0 Å². The van der Waals surface area contributed by atoms with Gasteiger partial charge < -0.3 is 10.1 Å². The molecular weight excluding hydrogens is 278 g/mol. The van der Waals surface area contributed by atoms with Gasteiger partial charge in [0.1, 0.15) is 5.75 Å². The van der Waals surface area contributed by atoms with E-state index in [-0.39, 0.29) is 5.91 Å². The maximum Gasteiger partial charge on any atom is 0.227 e. The molecular formula is C17H17N3O2. The second-order valence-electron chi connectivity index (χ2n) is 5.13. The lowest BCUT2D eigenvalue weighted by Gasteiger charge is -2.07. The van der Waals surface area contributed by atoms with E-state index in [0.717, 1.165) is 22.3 Å². The normalized spacial score (nSPS) is 10.6. The Morgan fingerprint density at radius 3 is 2.86 bits per heavy atom. The molecule has 3 rings (SSSR count). The third-order valence-electron chi connectivity index (χ3n) is 3.34. The minimum atomic E-state index is -0.0778. The van der Waals surface area contributed by atoms with E-state index in [1.54, 1.807) is 6.20 Å². The number of benzene rings is 2. The van der Waals surface area contributed by atoms with Crippen LogP contribution in [0.4, 0.5) is 5.69 Å². The topological polar surface area (TPSA) is 67.0 Å². The Morgan fingerprint density at radius 1 is 1.23 bits per heavy atom. The molecule has 2 N–H and O–H groups in total. The molecule has 112 valence electrons. The van der Waals surface area contributed by atoms with Gasteiger partial charge in [-0.05, 0) is 37.3 Å². The molecule has 0 radical (unpaired) electrons. The molecule has 0 aliphatic heterocycles. The van der Waals surface area contributed by atoms with Crippen LogP contribution in [0.5, 0.6) is 5.75 Å². The van der Waals surface area contributed by atoms with Gasteiger partial charge in [-0.15, -0.1) is 0 Å². The summed E-state index contributed by atoms with van der Waals surface area (Å²) >= 11 is 0. The molecule has 0 aliphatic rings. The number of amides is 1. The molecule has 1 heterocycles. The molecule has 0 unspecified atom stereocenters. The van der Waals surface area contributed by atoms with Crippen LogP contribution >= 0.6 is 0 Å². The summed E-state index contributed by atoms with van der Waals surface area (Å²) < 4.78 is 5.55. The first-order chi connectivity index (χ1) is 10.7. The van der Waals surface area contributed by atoms with Crippen LogP contribution in [-0.2, 0) is 4.79 Å². The number of carbonyl (C=O) groups is 1. The molecule has 22 heavy (non-hydrogen) atoms. The zero-order chi connectivity index (χ0) is 15.4. The summed E-state index contributed by atoms with van der Waals surface area (Å²) in [4.78, 5) is 11.9. The molecule has 0 atom stereocenters. The van der Waals surface area contributed by atoms with Crippen molar-refractivity contribution in [1.82, 2.24) is 10.2 Å². The third-order valence-corrected chi connectivity index (χ3v) is 3.34. The van der Waals surface area contributed by atoms with Crippen molar-refractivity contribution in [1.29, 1.82) is 0 Å². The summed E-state index contributed by atoms with van der Waals surface area (Å²) in [5.41, 5.74) is 2.82. The minimum absolute atomic E-state index is 0.0778. The number of nitrogens with one attached hydrogen (secondary N) is 2. The second kappa shape index (κ2) is 6.30. The zero-order valence-corrected chi connectivity index (χ0v) is 12.3. The number of hydrogen-bond acceptors (Lipinski definition) is 3. The van der Waals surface area contributed by atoms with Crippen molar-refractivity contribution in [2.45, 2.75) is 13.3 Å². The second-order valence-corrected chi connectivity index (χ2v) is 5.13. The van der Waals surface area contributed by atoms with Crippen molar-refractivity contribution < 1.29 is 9.53 Å². The van der Waals surface area contributed by atoms with Crippen LogP contribution in [0.1, 0.15) is 12.0 Å². The molecule has 0 aliphatic carbocycles. The molecule has 0 saturated heterocycles. The Hall–Kier alpha value is -2.82. The number of aryl methyl sites for hydroxylation is 1. The van der Waals surface area contributed by atoms with Gasteiger partial charge in [-0.2, -0.15) is 5.10 Å². The van der Waals surface area contributed by atoms with Gasteiger partial charge in [-0.1, -0.05) is 17.7 Å². The summed E-state index contributed by atoms with van der Waals surface area (Å²) in [6.07, 6.45) is 2.05. The van der Waals surface area contributed by atoms with Crippen LogP contribution in [0.3, 0.4) is 0 Å². The standard InChI is InChI=1S/C17H17N3O2/c1-12-2-6-15(7-3-12)22-9-8-17(21)19-14-5-4-13-11-18-20-16(13)10-14/h2-7,10-11H,8-9H2,1H3,(H,18,20)(H,19,21). The van der Waals surface area contributed by atoms with Crippen molar-refractivity contribution in [3.8, 4) is 5.75 Å². The molecule has 5 nitrogen and oxygen atoms in total. The van der Waals surface area contributed by atoms with Gasteiger partial charge in [-0.3, -0.25) is 9.89 Å². The molecule has 5 heteroatoms. The lowest BCUT2D eigenvalue weighted by atomic mass is 10.2. The number of H-pyrrole nitrogens is 1. The van der Waals surface area contributed by atoms with E-state index in [1.807, 2.05) is 49.4 Å². The van der Waals surface area contributed by atoms with Crippen LogP contribution < -0.4 is 10.1 Å². The van der Waals surface area contributed by atoms with Crippen LogP contribution in [0.25, 0.3) is 10.9 Å². The van der Waals surface area contributed by atoms with Crippen molar-refractivity contribution in [3.63, 3.8) is 0 Å². The van der Waals surface area contributed by atoms with Crippen molar-refractivity contribution in [2.75, 3.05) is 11.9 Å². The highest BCUT2D eigenvalue weighted by molar-refractivity contribution is 5.93. The first kappa shape index (κ1) is 14.1. The highest BCUT2D eigenvalue weighted by atomic mass is 16.5. The average Bonchev–Trinajstić information content (AvgIpc) is 2.97. The van der Waals surface area contributed by atoms with Gasteiger partial charge in [0.2, 0.25) is 5.91 Å². The summed E-state index contributed by atoms with van der Waals surface area (Å²) in [5, 5.41) is 10.7. The monoisotopic (exact) mass is 295 g/mol. The molecule has 0 fully saturated rings. The van der Waals surface area contributed by atoms with Crippen molar-refractivity contribution >= 4 is 22.5 Å². The first-order valence-corrected chi connectivity index (χ1v) is 7.13. The summed E-state index contributed by atoms with van der Waals surface area (Å²) in [6.45, 7) is 2.37. The number of aromatic amines is 1. The Kier molecular flexibility index (Phi) is 4.05. The lowest BCUT2D eigenvalue weighted by molar-refractivity contribution is -0.116. The van der Waals surface area contributed by atoms with Crippen LogP contribution in [0, 0.1) is 6.92 Å². The fourth-order valence-electron chi connectivity index (χ4n) is 2.13. The smallest absolute Gasteiger partial charge is 0.227 e. The number of rotatable bonds is 5. The minimum Gasteiger partial charge on any atom is -0.493 e. The average molecular weight is 295 g/mol. The summed E-state index contributed by atoms with van der Waals surface area (Å²) in [6, 6.07) is 13.4. The largest absolute Gasteiger partial charge is 0.493 e. The van der Waals surface area contributed by atoms with Gasteiger partial charge >= 0.3 is 0 Å². The summed E-state index contributed by atoms with van der Waals surface area (Å²) in [5.74, 6) is 0.697. The number of hydrogen-bond donors (Lipinski definition) is 2. The van der Waals surface area contributed by atoms with Crippen LogP contribution in [0.15, 0.2) is 48.7 Å². The third kappa shape index (κ3) is 3.44. The SMILES string of the molecule is Cc1ccc(OCCC(=O)Nc2ccc3cn[nH]c3c2)cc1. The number of ether oxygens (including phenoxy) is 1. The maximum absolute atomic E-state index is 11.9. The number of fused-ring (bicyclic) bond motifs is 1. The number of aromatic nitrogens is 2. The van der Waals surface area contributed by atoms with E-state index in [9.17, 15) is 4.79 Å². The highest BCUT2D eigenvalue weighted by Crippen LogP contribution is 2.17. The van der Waals surface area contributed by atoms with E-state index < -0.39 is 0 Å². The molecule has 0 saturated carbocycles. The summed E-state index contributed by atoms with van der Waals surface area (Å²) in [7, 11) is 0. The van der Waals surface area contributed by atoms with E-state index >= 15 is 0 Å². The fourth-order valence-corrected chi connectivity index (χ4v) is 2.13. The lowest BCUT2D eigenvalue weighted by Crippen LogP contribution is -2.15.